The van der Waals surface area contributed by atoms with Gasteiger partial charge in [-0.15, -0.1) is 0 Å². The normalized spacial score (nSPS) is 29.5. The number of carboxylic acid groups (broad SMARTS) is 1. The van der Waals surface area contributed by atoms with Gasteiger partial charge in [0.1, 0.15) is 0 Å². The maximum atomic E-state index is 12.1. The van der Waals surface area contributed by atoms with Crippen LogP contribution in [0.2, 0.25) is 0 Å². The second-order valence-corrected chi connectivity index (χ2v) is 8.88. The quantitative estimate of drug-likeness (QED) is 0.722. The molecule has 0 saturated heterocycles. The van der Waals surface area contributed by atoms with Crippen molar-refractivity contribution >= 4 is 22.0 Å². The molecule has 3 saturated carbocycles. The zero-order valence-corrected chi connectivity index (χ0v) is 16.7. The van der Waals surface area contributed by atoms with Crippen molar-refractivity contribution in [3.05, 3.63) is 70.2 Å². The number of halogens is 1. The SMILES string of the molecule is O=C(O)N(Cc1ccccc1)C12CCC(c3ccc(Br)cc3)(CC1)[C@H](O)C2. The lowest BCUT2D eigenvalue weighted by molar-refractivity contribution is -0.0927. The Hall–Kier alpha value is -1.85. The Morgan fingerprint density at radius 2 is 1.67 bits per heavy atom. The fourth-order valence-electron chi connectivity index (χ4n) is 5.10. The molecule has 0 radical (unpaired) electrons. The number of fused-ring (bicyclic) bond motifs is 3. The largest absolute Gasteiger partial charge is 0.465 e. The van der Waals surface area contributed by atoms with Crippen LogP contribution in [-0.4, -0.2) is 32.8 Å². The number of rotatable bonds is 4. The third-order valence-electron chi connectivity index (χ3n) is 6.69. The van der Waals surface area contributed by atoms with Crippen LogP contribution in [0.5, 0.6) is 0 Å². The van der Waals surface area contributed by atoms with Crippen molar-refractivity contribution < 1.29 is 15.0 Å². The van der Waals surface area contributed by atoms with Gasteiger partial charge < -0.3 is 10.2 Å². The summed E-state index contributed by atoms with van der Waals surface area (Å²) in [7, 11) is 0. The molecule has 2 bridgehead atoms. The summed E-state index contributed by atoms with van der Waals surface area (Å²) in [6.07, 6.45) is 2.28. The molecule has 0 aliphatic heterocycles. The van der Waals surface area contributed by atoms with Crippen LogP contribution in [0.25, 0.3) is 0 Å². The van der Waals surface area contributed by atoms with Crippen LogP contribution in [0.3, 0.4) is 0 Å². The third kappa shape index (κ3) is 3.17. The van der Waals surface area contributed by atoms with Crippen LogP contribution in [0.4, 0.5) is 4.79 Å². The van der Waals surface area contributed by atoms with Gasteiger partial charge in [-0.2, -0.15) is 0 Å². The fraction of sp³-hybridized carbons (Fsp3) is 0.409. The Morgan fingerprint density at radius 3 is 2.22 bits per heavy atom. The standard InChI is InChI=1S/C22H24BrNO3/c23-18-8-6-17(7-9-18)22-12-10-21(11-13-22,14-19(22)25)24(20(26)27)15-16-4-2-1-3-5-16/h1-9,19,25H,10-15H2,(H,26,27)/t19-,21?,22?/m1/s1. The molecule has 27 heavy (non-hydrogen) atoms. The van der Waals surface area contributed by atoms with E-state index in [0.29, 0.717) is 13.0 Å². The lowest BCUT2D eigenvalue weighted by Gasteiger charge is -2.59. The van der Waals surface area contributed by atoms with Gasteiger partial charge in [-0.1, -0.05) is 58.4 Å². The summed E-state index contributed by atoms with van der Waals surface area (Å²) in [5.41, 5.74) is 1.42. The summed E-state index contributed by atoms with van der Waals surface area (Å²) in [6.45, 7) is 0.369. The van der Waals surface area contributed by atoms with Crippen molar-refractivity contribution in [2.24, 2.45) is 0 Å². The average molecular weight is 430 g/mol. The monoisotopic (exact) mass is 429 g/mol. The molecule has 3 fully saturated rings. The van der Waals surface area contributed by atoms with E-state index < -0.39 is 17.7 Å². The second-order valence-electron chi connectivity index (χ2n) is 7.96. The first-order valence-electron chi connectivity index (χ1n) is 9.44. The zero-order valence-electron chi connectivity index (χ0n) is 15.1. The lowest BCUT2D eigenvalue weighted by atomic mass is 9.53. The van der Waals surface area contributed by atoms with Crippen LogP contribution in [-0.2, 0) is 12.0 Å². The molecule has 0 heterocycles. The van der Waals surface area contributed by atoms with E-state index in [1.54, 1.807) is 4.90 Å². The van der Waals surface area contributed by atoms with Gasteiger partial charge in [0, 0.05) is 22.0 Å². The van der Waals surface area contributed by atoms with Gasteiger partial charge in [-0.05, 0) is 55.4 Å². The maximum Gasteiger partial charge on any atom is 0.408 e. The molecule has 0 aromatic heterocycles. The highest BCUT2D eigenvalue weighted by molar-refractivity contribution is 9.10. The molecule has 2 aromatic carbocycles. The molecule has 1 amide bonds. The molecule has 5 heteroatoms. The van der Waals surface area contributed by atoms with Crippen LogP contribution < -0.4 is 0 Å². The number of hydrogen-bond acceptors (Lipinski definition) is 2. The number of amides is 1. The van der Waals surface area contributed by atoms with Gasteiger partial charge in [0.05, 0.1) is 6.10 Å². The number of carbonyl (C=O) groups is 1. The van der Waals surface area contributed by atoms with Gasteiger partial charge in [-0.3, -0.25) is 4.90 Å². The van der Waals surface area contributed by atoms with Gasteiger partial charge in [-0.25, -0.2) is 4.79 Å². The number of aliphatic hydroxyl groups is 1. The summed E-state index contributed by atoms with van der Waals surface area (Å²) in [5.74, 6) is 0. The Balaban J connectivity index is 1.61. The topological polar surface area (TPSA) is 60.8 Å². The lowest BCUT2D eigenvalue weighted by Crippen LogP contribution is -2.64. The fourth-order valence-corrected chi connectivity index (χ4v) is 5.37. The number of aliphatic hydroxyl groups excluding tert-OH is 1. The Morgan fingerprint density at radius 1 is 1.04 bits per heavy atom. The number of hydrogen-bond donors (Lipinski definition) is 2. The van der Waals surface area contributed by atoms with Gasteiger partial charge in [0.2, 0.25) is 0 Å². The van der Waals surface area contributed by atoms with Crippen molar-refractivity contribution in [1.29, 1.82) is 0 Å². The predicted molar refractivity (Wildman–Crippen MR) is 108 cm³/mol. The zero-order chi connectivity index (χ0) is 19.1. The van der Waals surface area contributed by atoms with Crippen molar-refractivity contribution in [3.63, 3.8) is 0 Å². The van der Waals surface area contributed by atoms with Gasteiger partial charge in [0.25, 0.3) is 0 Å². The third-order valence-corrected chi connectivity index (χ3v) is 7.22. The minimum absolute atomic E-state index is 0.251. The van der Waals surface area contributed by atoms with E-state index in [-0.39, 0.29) is 5.41 Å². The van der Waals surface area contributed by atoms with E-state index in [0.717, 1.165) is 41.3 Å². The molecule has 2 aromatic rings. The van der Waals surface area contributed by atoms with Crippen molar-refractivity contribution in [2.45, 2.75) is 55.7 Å². The van der Waals surface area contributed by atoms with E-state index >= 15 is 0 Å². The van der Waals surface area contributed by atoms with E-state index in [4.69, 9.17) is 0 Å². The highest BCUT2D eigenvalue weighted by Gasteiger charge is 2.57. The van der Waals surface area contributed by atoms with Crippen molar-refractivity contribution in [2.75, 3.05) is 0 Å². The molecule has 3 aliphatic rings. The summed E-state index contributed by atoms with van der Waals surface area (Å²) >= 11 is 3.47. The molecule has 5 rings (SSSR count). The number of benzene rings is 2. The molecule has 0 unspecified atom stereocenters. The smallest absolute Gasteiger partial charge is 0.408 e. The Labute approximate surface area is 168 Å². The molecule has 1 atom stereocenters. The Kier molecular flexibility index (Phi) is 4.77. The first-order chi connectivity index (χ1) is 13.0. The molecular formula is C22H24BrNO3. The van der Waals surface area contributed by atoms with Gasteiger partial charge >= 0.3 is 6.09 Å². The van der Waals surface area contributed by atoms with Crippen LogP contribution in [0.1, 0.15) is 43.2 Å². The first-order valence-corrected chi connectivity index (χ1v) is 10.2. The van der Waals surface area contributed by atoms with E-state index in [1.165, 1.54) is 0 Å². The molecule has 3 aliphatic carbocycles. The van der Waals surface area contributed by atoms with E-state index in [1.807, 2.05) is 42.5 Å². The molecule has 4 nitrogen and oxygen atoms in total. The summed E-state index contributed by atoms with van der Waals surface area (Å²) < 4.78 is 1.03. The summed E-state index contributed by atoms with van der Waals surface area (Å²) in [6, 6.07) is 17.9. The minimum atomic E-state index is -0.899. The average Bonchev–Trinajstić information content (AvgIpc) is 2.68. The van der Waals surface area contributed by atoms with E-state index in [2.05, 4.69) is 28.1 Å². The predicted octanol–water partition coefficient (Wildman–Crippen LogP) is 4.94. The maximum absolute atomic E-state index is 12.1. The van der Waals surface area contributed by atoms with Crippen molar-refractivity contribution in [3.8, 4) is 0 Å². The van der Waals surface area contributed by atoms with E-state index in [9.17, 15) is 15.0 Å². The molecule has 2 N–H and O–H groups in total. The molecule has 142 valence electrons. The molecule has 0 spiro atoms. The minimum Gasteiger partial charge on any atom is -0.465 e. The highest BCUT2D eigenvalue weighted by atomic mass is 79.9. The highest BCUT2D eigenvalue weighted by Crippen LogP contribution is 2.56. The first kappa shape index (κ1) is 18.5. The Bertz CT molecular complexity index is 813. The van der Waals surface area contributed by atoms with Crippen LogP contribution in [0.15, 0.2) is 59.1 Å². The number of nitrogens with zero attached hydrogens (tertiary/aromatic N) is 1. The van der Waals surface area contributed by atoms with Crippen LogP contribution in [0, 0.1) is 0 Å². The summed E-state index contributed by atoms with van der Waals surface area (Å²) in [4.78, 5) is 13.7. The summed E-state index contributed by atoms with van der Waals surface area (Å²) in [5, 5.41) is 21.0. The van der Waals surface area contributed by atoms with Gasteiger partial charge in [0.15, 0.2) is 0 Å². The van der Waals surface area contributed by atoms with Crippen molar-refractivity contribution in [1.82, 2.24) is 4.90 Å². The second kappa shape index (κ2) is 6.95. The van der Waals surface area contributed by atoms with Crippen LogP contribution >= 0.6 is 15.9 Å². The molecular weight excluding hydrogens is 406 g/mol.